The highest BCUT2D eigenvalue weighted by Gasteiger charge is 2.12. The number of rotatable bonds is 4. The fourth-order valence-corrected chi connectivity index (χ4v) is 2.50. The van der Waals surface area contributed by atoms with Crippen molar-refractivity contribution in [3.8, 4) is 11.3 Å². The molecule has 1 aromatic carbocycles. The molecule has 0 atom stereocenters. The normalized spacial score (nSPS) is 11.4. The monoisotopic (exact) mass is 264 g/mol. The van der Waals surface area contributed by atoms with Crippen LogP contribution in [0.3, 0.4) is 0 Å². The van der Waals surface area contributed by atoms with Crippen LogP contribution in [0.2, 0.25) is 0 Å². The largest absolute Gasteiger partial charge is 0.342 e. The third kappa shape index (κ3) is 2.19. The topological polar surface area (TPSA) is 79.9 Å². The van der Waals surface area contributed by atoms with Gasteiger partial charge in [-0.15, -0.1) is 0 Å². The lowest BCUT2D eigenvalue weighted by Crippen LogP contribution is -2.03. The molecule has 1 N–H and O–H groups in total. The van der Waals surface area contributed by atoms with Gasteiger partial charge in [0, 0.05) is 5.56 Å². The number of H-pyrrole nitrogens is 1. The number of aromatic nitrogens is 2. The minimum Gasteiger partial charge on any atom is -0.342 e. The summed E-state index contributed by atoms with van der Waals surface area (Å²) in [4.78, 5) is 17.8. The summed E-state index contributed by atoms with van der Waals surface area (Å²) in [7, 11) is -3.20. The van der Waals surface area contributed by atoms with Gasteiger partial charge in [0.1, 0.15) is 5.69 Å². The SMILES string of the molecule is CCS(=O)(=O)c1ccc(-c2nc[nH]c2C=O)cc1. The van der Waals surface area contributed by atoms with Crippen LogP contribution in [0.4, 0.5) is 0 Å². The second kappa shape index (κ2) is 4.73. The van der Waals surface area contributed by atoms with E-state index >= 15 is 0 Å². The minimum absolute atomic E-state index is 0.0638. The van der Waals surface area contributed by atoms with Crippen molar-refractivity contribution in [3.63, 3.8) is 0 Å². The molecule has 0 aliphatic heterocycles. The first-order chi connectivity index (χ1) is 8.58. The van der Waals surface area contributed by atoms with E-state index < -0.39 is 9.84 Å². The Morgan fingerprint density at radius 2 is 1.94 bits per heavy atom. The number of benzene rings is 1. The maximum absolute atomic E-state index is 11.6. The number of hydrogen-bond acceptors (Lipinski definition) is 4. The number of sulfone groups is 1. The van der Waals surface area contributed by atoms with Crippen LogP contribution in [-0.4, -0.2) is 30.4 Å². The Hall–Kier alpha value is -1.95. The van der Waals surface area contributed by atoms with Crippen LogP contribution in [0.25, 0.3) is 11.3 Å². The molecule has 0 saturated carbocycles. The van der Waals surface area contributed by atoms with Gasteiger partial charge in [0.25, 0.3) is 0 Å². The van der Waals surface area contributed by atoms with E-state index in [0.717, 1.165) is 0 Å². The maximum atomic E-state index is 11.6. The second-order valence-corrected chi connectivity index (χ2v) is 5.99. The quantitative estimate of drug-likeness (QED) is 0.852. The van der Waals surface area contributed by atoms with Gasteiger partial charge in [0.05, 0.1) is 22.7 Å². The van der Waals surface area contributed by atoms with Gasteiger partial charge in [0.2, 0.25) is 0 Å². The summed E-state index contributed by atoms with van der Waals surface area (Å²) in [5.74, 6) is 0.0638. The highest BCUT2D eigenvalue weighted by molar-refractivity contribution is 7.91. The third-order valence-corrected chi connectivity index (χ3v) is 4.40. The van der Waals surface area contributed by atoms with Crippen LogP contribution in [0.15, 0.2) is 35.5 Å². The lowest BCUT2D eigenvalue weighted by atomic mass is 10.1. The number of nitrogens with one attached hydrogen (secondary N) is 1. The number of hydrogen-bond donors (Lipinski definition) is 1. The molecule has 0 amide bonds. The van der Waals surface area contributed by atoms with Gasteiger partial charge in [-0.05, 0) is 12.1 Å². The van der Waals surface area contributed by atoms with Crippen LogP contribution in [0.1, 0.15) is 17.4 Å². The minimum atomic E-state index is -3.20. The number of carbonyl (C=O) groups excluding carboxylic acids is 1. The fourth-order valence-electron chi connectivity index (χ4n) is 1.61. The molecule has 0 unspecified atom stereocenters. The predicted octanol–water partition coefficient (Wildman–Crippen LogP) is 1.68. The summed E-state index contributed by atoms with van der Waals surface area (Å²) in [6.45, 7) is 1.60. The summed E-state index contributed by atoms with van der Waals surface area (Å²) in [5, 5.41) is 0. The first kappa shape index (κ1) is 12.5. The number of imidazole rings is 1. The van der Waals surface area contributed by atoms with E-state index in [1.807, 2.05) is 0 Å². The van der Waals surface area contributed by atoms with Crippen LogP contribution in [-0.2, 0) is 9.84 Å². The van der Waals surface area contributed by atoms with Crippen molar-refractivity contribution in [2.75, 3.05) is 5.75 Å². The Morgan fingerprint density at radius 3 is 2.50 bits per heavy atom. The molecule has 0 spiro atoms. The van der Waals surface area contributed by atoms with Crippen LogP contribution < -0.4 is 0 Å². The van der Waals surface area contributed by atoms with Crippen molar-refractivity contribution in [2.45, 2.75) is 11.8 Å². The number of carbonyl (C=O) groups is 1. The molecule has 0 radical (unpaired) electrons. The molecule has 0 bridgehead atoms. The Bertz CT molecular complexity index is 657. The van der Waals surface area contributed by atoms with Crippen LogP contribution in [0, 0.1) is 0 Å². The highest BCUT2D eigenvalue weighted by Crippen LogP contribution is 2.21. The van der Waals surface area contributed by atoms with E-state index in [-0.39, 0.29) is 10.6 Å². The molecule has 6 heteroatoms. The van der Waals surface area contributed by atoms with Crippen LogP contribution >= 0.6 is 0 Å². The van der Waals surface area contributed by atoms with Crippen molar-refractivity contribution < 1.29 is 13.2 Å². The zero-order chi connectivity index (χ0) is 13.2. The molecule has 0 aliphatic rings. The Kier molecular flexibility index (Phi) is 3.29. The molecule has 94 valence electrons. The summed E-state index contributed by atoms with van der Waals surface area (Å²) >= 11 is 0. The zero-order valence-corrected chi connectivity index (χ0v) is 10.6. The van der Waals surface area contributed by atoms with Gasteiger partial charge < -0.3 is 4.98 Å². The lowest BCUT2D eigenvalue weighted by Gasteiger charge is -2.03. The summed E-state index contributed by atoms with van der Waals surface area (Å²) < 4.78 is 23.3. The Balaban J connectivity index is 2.43. The number of aldehydes is 1. The van der Waals surface area contributed by atoms with Gasteiger partial charge in [-0.3, -0.25) is 4.79 Å². The Labute approximate surface area is 105 Å². The maximum Gasteiger partial charge on any atom is 0.178 e. The molecule has 0 aliphatic carbocycles. The summed E-state index contributed by atoms with van der Waals surface area (Å²) in [6.07, 6.45) is 2.11. The van der Waals surface area contributed by atoms with Gasteiger partial charge in [-0.2, -0.15) is 0 Å². The molecule has 5 nitrogen and oxygen atoms in total. The van der Waals surface area contributed by atoms with Crippen molar-refractivity contribution >= 4 is 16.1 Å². The van der Waals surface area contributed by atoms with E-state index in [9.17, 15) is 13.2 Å². The Morgan fingerprint density at radius 1 is 1.28 bits per heavy atom. The first-order valence-electron chi connectivity index (χ1n) is 5.40. The van der Waals surface area contributed by atoms with Crippen molar-refractivity contribution in [1.29, 1.82) is 0 Å². The van der Waals surface area contributed by atoms with E-state index in [1.165, 1.54) is 18.5 Å². The predicted molar refractivity (Wildman–Crippen MR) is 67.1 cm³/mol. The molecular weight excluding hydrogens is 252 g/mol. The number of nitrogens with zero attached hydrogens (tertiary/aromatic N) is 1. The van der Waals surface area contributed by atoms with Crippen molar-refractivity contribution in [3.05, 3.63) is 36.3 Å². The molecule has 2 aromatic rings. The highest BCUT2D eigenvalue weighted by atomic mass is 32.2. The summed E-state index contributed by atoms with van der Waals surface area (Å²) in [5.41, 5.74) is 1.60. The van der Waals surface area contributed by atoms with E-state index in [4.69, 9.17) is 0 Å². The molecular formula is C12H12N2O3S. The van der Waals surface area contributed by atoms with Crippen molar-refractivity contribution in [2.24, 2.45) is 0 Å². The first-order valence-corrected chi connectivity index (χ1v) is 7.05. The average molecular weight is 264 g/mol. The van der Waals surface area contributed by atoms with E-state index in [2.05, 4.69) is 9.97 Å². The van der Waals surface area contributed by atoms with Gasteiger partial charge >= 0.3 is 0 Å². The molecule has 0 fully saturated rings. The molecule has 1 heterocycles. The van der Waals surface area contributed by atoms with E-state index in [1.54, 1.807) is 19.1 Å². The van der Waals surface area contributed by atoms with Gasteiger partial charge in [-0.25, -0.2) is 13.4 Å². The average Bonchev–Trinajstić information content (AvgIpc) is 2.87. The summed E-state index contributed by atoms with van der Waals surface area (Å²) in [6, 6.07) is 6.34. The van der Waals surface area contributed by atoms with Gasteiger partial charge in [0.15, 0.2) is 16.1 Å². The lowest BCUT2D eigenvalue weighted by molar-refractivity contribution is 0.112. The zero-order valence-electron chi connectivity index (χ0n) is 9.75. The third-order valence-electron chi connectivity index (χ3n) is 2.65. The van der Waals surface area contributed by atoms with Crippen LogP contribution in [0.5, 0.6) is 0 Å². The smallest absolute Gasteiger partial charge is 0.178 e. The number of aromatic amines is 1. The standard InChI is InChI=1S/C12H12N2O3S/c1-2-18(16,17)10-5-3-9(4-6-10)12-11(7-15)13-8-14-12/h3-8H,2H2,1H3,(H,13,14). The molecule has 2 rings (SSSR count). The molecule has 0 saturated heterocycles. The fraction of sp³-hybridized carbons (Fsp3) is 0.167. The van der Waals surface area contributed by atoms with Crippen molar-refractivity contribution in [1.82, 2.24) is 9.97 Å². The molecule has 1 aromatic heterocycles. The molecule has 18 heavy (non-hydrogen) atoms. The van der Waals surface area contributed by atoms with Gasteiger partial charge in [-0.1, -0.05) is 19.1 Å². The second-order valence-electron chi connectivity index (χ2n) is 3.71. The van der Waals surface area contributed by atoms with E-state index in [0.29, 0.717) is 23.2 Å².